The summed E-state index contributed by atoms with van der Waals surface area (Å²) in [6.07, 6.45) is 4.53. The van der Waals surface area contributed by atoms with Gasteiger partial charge < -0.3 is 10.1 Å². The fraction of sp³-hybridized carbons (Fsp3) is 0.357. The molecule has 0 saturated heterocycles. The highest BCUT2D eigenvalue weighted by Gasteiger charge is 2.16. The van der Waals surface area contributed by atoms with Gasteiger partial charge in [-0.3, -0.25) is 4.98 Å². The lowest BCUT2D eigenvalue weighted by Crippen LogP contribution is -2.23. The zero-order chi connectivity index (χ0) is 13.7. The van der Waals surface area contributed by atoms with Gasteiger partial charge in [0.15, 0.2) is 0 Å². The molecule has 0 aliphatic carbocycles. The first-order valence-electron chi connectivity index (χ1n) is 6.18. The minimum Gasteiger partial charge on any atom is -0.495 e. The van der Waals surface area contributed by atoms with Crippen LogP contribution in [0.25, 0.3) is 0 Å². The van der Waals surface area contributed by atoms with Crippen molar-refractivity contribution in [3.63, 3.8) is 0 Å². The van der Waals surface area contributed by atoms with Gasteiger partial charge in [0.25, 0.3) is 0 Å². The molecule has 0 aliphatic heterocycles. The fourth-order valence-electron chi connectivity index (χ4n) is 2.05. The van der Waals surface area contributed by atoms with Gasteiger partial charge in [0.2, 0.25) is 0 Å². The normalized spacial score (nSPS) is 12.4. The van der Waals surface area contributed by atoms with Crippen molar-refractivity contribution in [3.05, 3.63) is 44.8 Å². The molecule has 0 amide bonds. The number of ether oxygens (including phenoxy) is 1. The van der Waals surface area contributed by atoms with E-state index in [1.807, 2.05) is 12.3 Å². The highest BCUT2D eigenvalue weighted by atomic mass is 79.9. The lowest BCUT2D eigenvalue weighted by Gasteiger charge is -2.19. The van der Waals surface area contributed by atoms with E-state index in [1.165, 1.54) is 4.88 Å². The Balaban J connectivity index is 2.23. The van der Waals surface area contributed by atoms with Crippen molar-refractivity contribution in [3.8, 4) is 5.75 Å². The van der Waals surface area contributed by atoms with Crippen LogP contribution in [0.15, 0.2) is 34.4 Å². The van der Waals surface area contributed by atoms with Crippen LogP contribution in [0.5, 0.6) is 5.75 Å². The number of halogens is 1. The second-order valence-corrected chi connectivity index (χ2v) is 6.07. The molecule has 1 atom stereocenters. The number of hydrogen-bond donors (Lipinski definition) is 1. The van der Waals surface area contributed by atoms with Gasteiger partial charge in [-0.25, -0.2) is 0 Å². The number of nitrogens with zero attached hydrogens (tertiary/aromatic N) is 1. The third-order valence-electron chi connectivity index (χ3n) is 2.89. The zero-order valence-corrected chi connectivity index (χ0v) is 13.4. The Morgan fingerprint density at radius 1 is 1.53 bits per heavy atom. The molecule has 5 heteroatoms. The van der Waals surface area contributed by atoms with Crippen molar-refractivity contribution >= 4 is 27.3 Å². The predicted octanol–water partition coefficient (Wildman–Crippen LogP) is 3.81. The van der Waals surface area contributed by atoms with Crippen LogP contribution in [0.3, 0.4) is 0 Å². The first kappa shape index (κ1) is 14.5. The molecule has 102 valence electrons. The molecule has 0 spiro atoms. The summed E-state index contributed by atoms with van der Waals surface area (Å²) in [6, 6.07) is 4.44. The summed E-state index contributed by atoms with van der Waals surface area (Å²) >= 11 is 5.27. The molecule has 2 heterocycles. The fourth-order valence-corrected chi connectivity index (χ4v) is 3.55. The first-order chi connectivity index (χ1) is 9.24. The molecule has 19 heavy (non-hydrogen) atoms. The third-order valence-corrected chi connectivity index (χ3v) is 4.61. The van der Waals surface area contributed by atoms with E-state index in [4.69, 9.17) is 4.74 Å². The summed E-state index contributed by atoms with van der Waals surface area (Å²) in [4.78, 5) is 5.46. The van der Waals surface area contributed by atoms with E-state index in [0.29, 0.717) is 0 Å². The van der Waals surface area contributed by atoms with E-state index in [2.05, 4.69) is 44.6 Å². The molecule has 3 nitrogen and oxygen atoms in total. The largest absolute Gasteiger partial charge is 0.495 e. The average Bonchev–Trinajstić information content (AvgIpc) is 2.84. The van der Waals surface area contributed by atoms with Gasteiger partial charge >= 0.3 is 0 Å². The molecule has 2 aromatic heterocycles. The Kier molecular flexibility index (Phi) is 5.36. The minimum absolute atomic E-state index is 0.244. The molecular weight excluding hydrogens is 324 g/mol. The lowest BCUT2D eigenvalue weighted by molar-refractivity contribution is 0.397. The molecule has 0 saturated carbocycles. The van der Waals surface area contributed by atoms with Crippen molar-refractivity contribution in [2.24, 2.45) is 0 Å². The monoisotopic (exact) mass is 340 g/mol. The van der Waals surface area contributed by atoms with Crippen molar-refractivity contribution in [2.45, 2.75) is 19.4 Å². The summed E-state index contributed by atoms with van der Waals surface area (Å²) in [5.74, 6) is 0.837. The van der Waals surface area contributed by atoms with Crippen LogP contribution in [0.2, 0.25) is 0 Å². The Hall–Kier alpha value is -0.910. The maximum atomic E-state index is 5.41. The molecule has 1 N–H and O–H groups in total. The summed E-state index contributed by atoms with van der Waals surface area (Å²) < 4.78 is 6.55. The molecule has 2 aromatic rings. The zero-order valence-electron chi connectivity index (χ0n) is 11.0. The number of methoxy groups -OCH3 is 1. The van der Waals surface area contributed by atoms with Crippen LogP contribution >= 0.6 is 27.3 Å². The molecule has 0 aliphatic rings. The molecule has 0 aromatic carbocycles. The van der Waals surface area contributed by atoms with Crippen LogP contribution in [0, 0.1) is 0 Å². The van der Waals surface area contributed by atoms with E-state index in [9.17, 15) is 0 Å². The Labute approximate surface area is 126 Å². The lowest BCUT2D eigenvalue weighted by atomic mass is 10.0. The summed E-state index contributed by atoms with van der Waals surface area (Å²) in [5, 5.41) is 5.63. The SMILES string of the molecule is CCNC(Cc1cc(Br)cs1)c1ccncc1OC. The topological polar surface area (TPSA) is 34.2 Å². The molecule has 0 fully saturated rings. The maximum absolute atomic E-state index is 5.41. The summed E-state index contributed by atoms with van der Waals surface area (Å²) in [6.45, 7) is 3.04. The molecule has 2 rings (SSSR count). The van der Waals surface area contributed by atoms with E-state index in [1.54, 1.807) is 24.6 Å². The smallest absolute Gasteiger partial charge is 0.141 e. The second-order valence-electron chi connectivity index (χ2n) is 4.16. The number of thiophene rings is 1. The van der Waals surface area contributed by atoms with Gasteiger partial charge in [0.1, 0.15) is 5.75 Å². The predicted molar refractivity (Wildman–Crippen MR) is 82.9 cm³/mol. The van der Waals surface area contributed by atoms with Gasteiger partial charge in [-0.15, -0.1) is 11.3 Å². The average molecular weight is 341 g/mol. The van der Waals surface area contributed by atoms with E-state index in [-0.39, 0.29) is 6.04 Å². The van der Waals surface area contributed by atoms with Crippen LogP contribution in [-0.4, -0.2) is 18.6 Å². The van der Waals surface area contributed by atoms with Gasteiger partial charge in [-0.05, 0) is 34.6 Å². The molecule has 1 unspecified atom stereocenters. The Bertz CT molecular complexity index is 530. The maximum Gasteiger partial charge on any atom is 0.141 e. The number of pyridine rings is 1. The number of hydrogen-bond acceptors (Lipinski definition) is 4. The van der Waals surface area contributed by atoms with Gasteiger partial charge in [0, 0.05) is 39.0 Å². The standard InChI is InChI=1S/C14H17BrN2OS/c1-3-17-13(7-11-6-10(15)9-19-11)12-4-5-16-8-14(12)18-2/h4-6,8-9,13,17H,3,7H2,1-2H3. The summed E-state index contributed by atoms with van der Waals surface area (Å²) in [7, 11) is 1.69. The Morgan fingerprint density at radius 2 is 2.37 bits per heavy atom. The highest BCUT2D eigenvalue weighted by Crippen LogP contribution is 2.29. The van der Waals surface area contributed by atoms with Crippen molar-refractivity contribution in [1.29, 1.82) is 0 Å². The minimum atomic E-state index is 0.244. The number of likely N-dealkylation sites (N-methyl/N-ethyl adjacent to an activating group) is 1. The van der Waals surface area contributed by atoms with Crippen molar-refractivity contribution in [1.82, 2.24) is 10.3 Å². The van der Waals surface area contributed by atoms with Crippen molar-refractivity contribution < 1.29 is 4.74 Å². The number of nitrogens with one attached hydrogen (secondary N) is 1. The van der Waals surface area contributed by atoms with Crippen LogP contribution in [0.4, 0.5) is 0 Å². The van der Waals surface area contributed by atoms with Crippen LogP contribution < -0.4 is 10.1 Å². The third kappa shape index (κ3) is 3.78. The molecular formula is C14H17BrN2OS. The number of rotatable bonds is 6. The van der Waals surface area contributed by atoms with Gasteiger partial charge in [-0.2, -0.15) is 0 Å². The van der Waals surface area contributed by atoms with Gasteiger partial charge in [0.05, 0.1) is 13.3 Å². The highest BCUT2D eigenvalue weighted by molar-refractivity contribution is 9.10. The van der Waals surface area contributed by atoms with Crippen molar-refractivity contribution in [2.75, 3.05) is 13.7 Å². The van der Waals surface area contributed by atoms with E-state index < -0.39 is 0 Å². The van der Waals surface area contributed by atoms with Gasteiger partial charge in [-0.1, -0.05) is 6.92 Å². The molecule has 0 bridgehead atoms. The number of aromatic nitrogens is 1. The van der Waals surface area contributed by atoms with E-state index >= 15 is 0 Å². The van der Waals surface area contributed by atoms with Crippen LogP contribution in [0.1, 0.15) is 23.4 Å². The second kappa shape index (κ2) is 7.03. The first-order valence-corrected chi connectivity index (χ1v) is 7.86. The quantitative estimate of drug-likeness (QED) is 0.868. The Morgan fingerprint density at radius 3 is 3.00 bits per heavy atom. The van der Waals surface area contributed by atoms with Crippen LogP contribution in [-0.2, 0) is 6.42 Å². The summed E-state index contributed by atoms with van der Waals surface area (Å²) in [5.41, 5.74) is 1.16. The van der Waals surface area contributed by atoms with E-state index in [0.717, 1.165) is 28.8 Å². The molecule has 0 radical (unpaired) electrons.